The Morgan fingerprint density at radius 3 is 3.07 bits per heavy atom. The van der Waals surface area contributed by atoms with E-state index in [1.807, 2.05) is 5.38 Å². The van der Waals surface area contributed by atoms with Gasteiger partial charge in [0.25, 0.3) is 0 Å². The van der Waals surface area contributed by atoms with Crippen LogP contribution in [0.2, 0.25) is 0 Å². The highest BCUT2D eigenvalue weighted by Gasteiger charge is 2.03. The summed E-state index contributed by atoms with van der Waals surface area (Å²) in [4.78, 5) is 15.2. The maximum absolute atomic E-state index is 10.8. The number of aromatic nitrogens is 1. The number of nitrogens with zero attached hydrogens (tertiary/aromatic N) is 1. The van der Waals surface area contributed by atoms with Gasteiger partial charge in [-0.2, -0.15) is 0 Å². The average Bonchev–Trinajstić information content (AvgIpc) is 2.52. The Hall–Kier alpha value is -0.740. The molecule has 0 saturated carbocycles. The van der Waals surface area contributed by atoms with Crippen LogP contribution in [-0.4, -0.2) is 24.5 Å². The lowest BCUT2D eigenvalue weighted by Gasteiger charge is -1.95. The molecular formula is C10H15NO2S. The van der Waals surface area contributed by atoms with Crippen LogP contribution in [0, 0.1) is 0 Å². The van der Waals surface area contributed by atoms with Crippen molar-refractivity contribution >= 4 is 17.1 Å². The largest absolute Gasteiger partial charge is 0.385 e. The van der Waals surface area contributed by atoms with E-state index < -0.39 is 0 Å². The molecule has 1 rings (SSSR count). The van der Waals surface area contributed by atoms with E-state index in [2.05, 4.69) is 4.98 Å². The summed E-state index contributed by atoms with van der Waals surface area (Å²) < 4.78 is 4.96. The van der Waals surface area contributed by atoms with Crippen LogP contribution in [0.1, 0.15) is 24.0 Å². The van der Waals surface area contributed by atoms with Crippen LogP contribution in [0.25, 0.3) is 0 Å². The molecule has 0 saturated heterocycles. The Kier molecular flexibility index (Phi) is 4.76. The van der Waals surface area contributed by atoms with Crippen LogP contribution < -0.4 is 0 Å². The van der Waals surface area contributed by atoms with Gasteiger partial charge in [0.2, 0.25) is 0 Å². The number of thiazole rings is 1. The Morgan fingerprint density at radius 1 is 1.64 bits per heavy atom. The second kappa shape index (κ2) is 5.88. The maximum Gasteiger partial charge on any atom is 0.135 e. The number of hydrogen-bond acceptors (Lipinski definition) is 4. The van der Waals surface area contributed by atoms with Crippen molar-refractivity contribution in [2.75, 3.05) is 13.7 Å². The van der Waals surface area contributed by atoms with Crippen molar-refractivity contribution in [3.05, 3.63) is 16.1 Å². The number of hydrogen-bond donors (Lipinski definition) is 0. The van der Waals surface area contributed by atoms with Crippen LogP contribution in [-0.2, 0) is 22.4 Å². The molecule has 1 heterocycles. The fraction of sp³-hybridized carbons (Fsp3) is 0.600. The first-order valence-corrected chi connectivity index (χ1v) is 5.52. The minimum atomic E-state index is 0.166. The van der Waals surface area contributed by atoms with E-state index in [1.165, 1.54) is 0 Å². The molecule has 0 fully saturated rings. The van der Waals surface area contributed by atoms with Gasteiger partial charge in [-0.05, 0) is 13.3 Å². The van der Waals surface area contributed by atoms with Crippen molar-refractivity contribution in [1.29, 1.82) is 0 Å². The summed E-state index contributed by atoms with van der Waals surface area (Å²) in [5.74, 6) is 0.166. The molecule has 78 valence electrons. The van der Waals surface area contributed by atoms with E-state index in [-0.39, 0.29) is 5.78 Å². The molecule has 0 aliphatic carbocycles. The Morgan fingerprint density at radius 2 is 2.43 bits per heavy atom. The smallest absolute Gasteiger partial charge is 0.135 e. The number of carbonyl (C=O) groups excluding carboxylic acids is 1. The number of Topliss-reactive ketones (excluding diaryl/α,β-unsaturated/α-hetero) is 1. The molecule has 0 atom stereocenters. The summed E-state index contributed by atoms with van der Waals surface area (Å²) in [5.41, 5.74) is 0.898. The molecule has 1 aromatic heterocycles. The normalized spacial score (nSPS) is 10.4. The standard InChI is InChI=1S/C10H15NO2S/c1-8(12)6-9-7-14-10(11-9)4-3-5-13-2/h7H,3-6H2,1-2H3. The molecule has 0 aliphatic heterocycles. The average molecular weight is 213 g/mol. The van der Waals surface area contributed by atoms with Crippen molar-refractivity contribution in [3.63, 3.8) is 0 Å². The van der Waals surface area contributed by atoms with Crippen molar-refractivity contribution < 1.29 is 9.53 Å². The zero-order valence-electron chi connectivity index (χ0n) is 8.58. The van der Waals surface area contributed by atoms with Gasteiger partial charge in [-0.25, -0.2) is 4.98 Å². The summed E-state index contributed by atoms with van der Waals surface area (Å²) in [7, 11) is 1.70. The summed E-state index contributed by atoms with van der Waals surface area (Å²) in [6, 6.07) is 0. The van der Waals surface area contributed by atoms with Crippen molar-refractivity contribution in [2.24, 2.45) is 0 Å². The van der Waals surface area contributed by atoms with Gasteiger partial charge in [-0.3, -0.25) is 4.79 Å². The van der Waals surface area contributed by atoms with Gasteiger partial charge in [0.15, 0.2) is 0 Å². The van der Waals surface area contributed by atoms with Gasteiger partial charge in [0, 0.05) is 31.9 Å². The van der Waals surface area contributed by atoms with E-state index in [0.29, 0.717) is 6.42 Å². The zero-order valence-corrected chi connectivity index (χ0v) is 9.39. The van der Waals surface area contributed by atoms with E-state index in [1.54, 1.807) is 25.4 Å². The lowest BCUT2D eigenvalue weighted by molar-refractivity contribution is -0.116. The number of aryl methyl sites for hydroxylation is 1. The molecule has 0 aromatic carbocycles. The first kappa shape index (κ1) is 11.3. The lowest BCUT2D eigenvalue weighted by atomic mass is 10.2. The Bertz CT molecular complexity index is 296. The SMILES string of the molecule is COCCCc1nc(CC(C)=O)cs1. The third-order valence-corrected chi connectivity index (χ3v) is 2.73. The fourth-order valence-corrected chi connectivity index (χ4v) is 2.01. The van der Waals surface area contributed by atoms with Crippen LogP contribution in [0.4, 0.5) is 0 Å². The summed E-state index contributed by atoms with van der Waals surface area (Å²) in [5, 5.41) is 3.06. The van der Waals surface area contributed by atoms with Gasteiger partial charge in [0.05, 0.1) is 10.7 Å². The topological polar surface area (TPSA) is 39.2 Å². The monoisotopic (exact) mass is 213 g/mol. The molecule has 0 N–H and O–H groups in total. The van der Waals surface area contributed by atoms with Gasteiger partial charge in [-0.1, -0.05) is 0 Å². The molecule has 3 nitrogen and oxygen atoms in total. The number of methoxy groups -OCH3 is 1. The molecular weight excluding hydrogens is 198 g/mol. The minimum absolute atomic E-state index is 0.166. The molecule has 0 radical (unpaired) electrons. The summed E-state index contributed by atoms with van der Waals surface area (Å²) in [6.45, 7) is 2.35. The zero-order chi connectivity index (χ0) is 10.4. The molecule has 0 spiro atoms. The predicted octanol–water partition coefficient (Wildman–Crippen LogP) is 1.85. The predicted molar refractivity (Wildman–Crippen MR) is 56.7 cm³/mol. The first-order chi connectivity index (χ1) is 6.72. The molecule has 14 heavy (non-hydrogen) atoms. The van der Waals surface area contributed by atoms with Crippen LogP contribution in [0.15, 0.2) is 5.38 Å². The van der Waals surface area contributed by atoms with Crippen LogP contribution >= 0.6 is 11.3 Å². The highest BCUT2D eigenvalue weighted by Crippen LogP contribution is 2.12. The van der Waals surface area contributed by atoms with Crippen molar-refractivity contribution in [2.45, 2.75) is 26.2 Å². The molecule has 4 heteroatoms. The maximum atomic E-state index is 10.8. The van der Waals surface area contributed by atoms with Gasteiger partial charge >= 0.3 is 0 Å². The van der Waals surface area contributed by atoms with Crippen LogP contribution in [0.5, 0.6) is 0 Å². The number of ether oxygens (including phenoxy) is 1. The van der Waals surface area contributed by atoms with E-state index >= 15 is 0 Å². The third kappa shape index (κ3) is 3.98. The molecule has 0 amide bonds. The number of carbonyl (C=O) groups is 1. The number of ketones is 1. The van der Waals surface area contributed by atoms with Crippen molar-refractivity contribution in [1.82, 2.24) is 4.98 Å². The third-order valence-electron chi connectivity index (χ3n) is 1.77. The van der Waals surface area contributed by atoms with Crippen LogP contribution in [0.3, 0.4) is 0 Å². The van der Waals surface area contributed by atoms with E-state index in [4.69, 9.17) is 4.74 Å². The summed E-state index contributed by atoms with van der Waals surface area (Å²) in [6.07, 6.45) is 2.39. The van der Waals surface area contributed by atoms with E-state index in [9.17, 15) is 4.79 Å². The quantitative estimate of drug-likeness (QED) is 0.677. The second-order valence-electron chi connectivity index (χ2n) is 3.21. The van der Waals surface area contributed by atoms with Gasteiger partial charge in [-0.15, -0.1) is 11.3 Å². The number of rotatable bonds is 6. The molecule has 1 aromatic rings. The minimum Gasteiger partial charge on any atom is -0.385 e. The van der Waals surface area contributed by atoms with Gasteiger partial charge in [0.1, 0.15) is 5.78 Å². The highest BCUT2D eigenvalue weighted by atomic mass is 32.1. The summed E-state index contributed by atoms with van der Waals surface area (Å²) >= 11 is 1.62. The Balaban J connectivity index is 2.38. The fourth-order valence-electron chi connectivity index (χ4n) is 1.17. The molecule has 0 bridgehead atoms. The Labute approximate surface area is 88.1 Å². The molecule has 0 aliphatic rings. The second-order valence-corrected chi connectivity index (χ2v) is 4.15. The van der Waals surface area contributed by atoms with Crippen molar-refractivity contribution in [3.8, 4) is 0 Å². The first-order valence-electron chi connectivity index (χ1n) is 4.64. The highest BCUT2D eigenvalue weighted by molar-refractivity contribution is 7.09. The van der Waals surface area contributed by atoms with E-state index in [0.717, 1.165) is 30.2 Å². The molecule has 0 unspecified atom stereocenters. The van der Waals surface area contributed by atoms with Gasteiger partial charge < -0.3 is 4.74 Å². The lowest BCUT2D eigenvalue weighted by Crippen LogP contribution is -1.97.